The van der Waals surface area contributed by atoms with Crippen LogP contribution in [0.2, 0.25) is 5.15 Å². The van der Waals surface area contributed by atoms with Gasteiger partial charge in [-0.2, -0.15) is 0 Å². The molecule has 178 valence electrons. The summed E-state index contributed by atoms with van der Waals surface area (Å²) in [6.07, 6.45) is 0.961. The molecule has 0 bridgehead atoms. The maximum absolute atomic E-state index is 12.7. The number of benzene rings is 1. The molecule has 1 fully saturated rings. The topological polar surface area (TPSA) is 126 Å². The van der Waals surface area contributed by atoms with Crippen LogP contribution in [0.3, 0.4) is 0 Å². The molecule has 33 heavy (non-hydrogen) atoms. The van der Waals surface area contributed by atoms with Crippen LogP contribution in [0.15, 0.2) is 18.2 Å². The van der Waals surface area contributed by atoms with Crippen LogP contribution in [0.5, 0.6) is 0 Å². The van der Waals surface area contributed by atoms with Crippen LogP contribution < -0.4 is 15.5 Å². The Balaban J connectivity index is 1.74. The van der Waals surface area contributed by atoms with Crippen LogP contribution in [0.4, 0.5) is 11.4 Å². The number of halogens is 1. The van der Waals surface area contributed by atoms with E-state index in [9.17, 15) is 14.4 Å². The molecule has 2 atom stereocenters. The number of H-pyrrole nitrogens is 1. The molecule has 3 N–H and O–H groups in total. The third kappa shape index (κ3) is 5.63. The summed E-state index contributed by atoms with van der Waals surface area (Å²) in [6, 6.07) is 4.94. The fraction of sp³-hybridized carbons (Fsp3) is 0.455. The third-order valence-electron chi connectivity index (χ3n) is 5.56. The summed E-state index contributed by atoms with van der Waals surface area (Å²) in [5, 5.41) is 5.92. The van der Waals surface area contributed by atoms with Crippen LogP contribution >= 0.6 is 11.6 Å². The fourth-order valence-electron chi connectivity index (χ4n) is 3.83. The Morgan fingerprint density at radius 1 is 1.30 bits per heavy atom. The first-order valence-corrected chi connectivity index (χ1v) is 11.0. The smallest absolute Gasteiger partial charge is 0.340 e. The SMILES string of the molecule is CCc1[nH]c(C(=O)N[C@@H]2CCN(c3ccc(NC(C)=O)c(C(=O)OC)c3)C[C@@H]2OC)nc1Cl. The molecular weight excluding hydrogens is 450 g/mol. The van der Waals surface area contributed by atoms with Gasteiger partial charge in [-0.15, -0.1) is 0 Å². The molecule has 0 saturated carbocycles. The number of hydrogen-bond acceptors (Lipinski definition) is 7. The monoisotopic (exact) mass is 477 g/mol. The molecule has 1 aromatic heterocycles. The molecule has 2 amide bonds. The van der Waals surface area contributed by atoms with Gasteiger partial charge in [0.15, 0.2) is 11.0 Å². The van der Waals surface area contributed by atoms with Gasteiger partial charge in [0.05, 0.1) is 36.2 Å². The summed E-state index contributed by atoms with van der Waals surface area (Å²) in [7, 11) is 2.88. The van der Waals surface area contributed by atoms with E-state index in [1.165, 1.54) is 14.0 Å². The Morgan fingerprint density at radius 3 is 2.67 bits per heavy atom. The number of ether oxygens (including phenoxy) is 2. The molecule has 0 unspecified atom stereocenters. The van der Waals surface area contributed by atoms with Crippen LogP contribution in [0.25, 0.3) is 0 Å². The van der Waals surface area contributed by atoms with Gasteiger partial charge in [0.1, 0.15) is 0 Å². The number of carbonyl (C=O) groups excluding carboxylic acids is 3. The molecule has 0 aliphatic carbocycles. The van der Waals surface area contributed by atoms with E-state index < -0.39 is 5.97 Å². The first kappa shape index (κ1) is 24.5. The summed E-state index contributed by atoms with van der Waals surface area (Å²) in [4.78, 5) is 45.5. The molecule has 11 heteroatoms. The highest BCUT2D eigenvalue weighted by atomic mass is 35.5. The van der Waals surface area contributed by atoms with E-state index in [-0.39, 0.29) is 35.3 Å². The third-order valence-corrected chi connectivity index (χ3v) is 5.87. The predicted octanol–water partition coefficient (Wildman–Crippen LogP) is 2.39. The number of nitrogens with one attached hydrogen (secondary N) is 3. The lowest BCUT2D eigenvalue weighted by molar-refractivity contribution is -0.114. The molecule has 1 saturated heterocycles. The average molecular weight is 478 g/mol. The molecule has 0 radical (unpaired) electrons. The van der Waals surface area contributed by atoms with E-state index in [1.54, 1.807) is 19.2 Å². The van der Waals surface area contributed by atoms with Crippen molar-refractivity contribution in [2.75, 3.05) is 37.5 Å². The van der Waals surface area contributed by atoms with Gasteiger partial charge in [-0.1, -0.05) is 18.5 Å². The number of methoxy groups -OCH3 is 2. The zero-order chi connectivity index (χ0) is 24.1. The van der Waals surface area contributed by atoms with Crippen LogP contribution in [-0.2, 0) is 20.7 Å². The summed E-state index contributed by atoms with van der Waals surface area (Å²) < 4.78 is 10.5. The minimum absolute atomic E-state index is 0.172. The van der Waals surface area contributed by atoms with Crippen LogP contribution in [0.1, 0.15) is 46.9 Å². The van der Waals surface area contributed by atoms with Crippen molar-refractivity contribution in [3.8, 4) is 0 Å². The van der Waals surface area contributed by atoms with Gasteiger partial charge >= 0.3 is 5.97 Å². The van der Waals surface area contributed by atoms with E-state index in [4.69, 9.17) is 21.1 Å². The lowest BCUT2D eigenvalue weighted by Crippen LogP contribution is -2.55. The van der Waals surface area contributed by atoms with E-state index in [1.807, 2.05) is 13.0 Å². The number of aromatic nitrogens is 2. The lowest BCUT2D eigenvalue weighted by atomic mass is 10.00. The van der Waals surface area contributed by atoms with E-state index in [0.717, 1.165) is 5.69 Å². The molecule has 1 aromatic carbocycles. The first-order chi connectivity index (χ1) is 15.8. The van der Waals surface area contributed by atoms with Gasteiger partial charge in [0.25, 0.3) is 5.91 Å². The molecule has 0 spiro atoms. The van der Waals surface area contributed by atoms with Gasteiger partial charge in [-0.3, -0.25) is 9.59 Å². The van der Waals surface area contributed by atoms with Gasteiger partial charge < -0.3 is 30.0 Å². The molecule has 2 heterocycles. The summed E-state index contributed by atoms with van der Waals surface area (Å²) >= 11 is 6.05. The zero-order valence-corrected chi connectivity index (χ0v) is 19.8. The van der Waals surface area contributed by atoms with Crippen LogP contribution in [-0.4, -0.2) is 67.2 Å². The predicted molar refractivity (Wildman–Crippen MR) is 124 cm³/mol. The van der Waals surface area contributed by atoms with E-state index >= 15 is 0 Å². The highest BCUT2D eigenvalue weighted by Gasteiger charge is 2.32. The number of rotatable bonds is 7. The van der Waals surface area contributed by atoms with Gasteiger partial charge in [0, 0.05) is 32.8 Å². The maximum Gasteiger partial charge on any atom is 0.340 e. The van der Waals surface area contributed by atoms with Crippen molar-refractivity contribution >= 4 is 40.8 Å². The minimum Gasteiger partial charge on any atom is -0.465 e. The number of carbonyl (C=O) groups is 3. The minimum atomic E-state index is -0.547. The fourth-order valence-corrected chi connectivity index (χ4v) is 4.09. The molecule has 10 nitrogen and oxygen atoms in total. The second-order valence-corrected chi connectivity index (χ2v) is 8.06. The van der Waals surface area contributed by atoms with Crippen LogP contribution in [0, 0.1) is 0 Å². The number of amides is 2. The molecule has 1 aliphatic heterocycles. The normalized spacial score (nSPS) is 18.0. The zero-order valence-electron chi connectivity index (χ0n) is 19.0. The lowest BCUT2D eigenvalue weighted by Gasteiger charge is -2.39. The number of aryl methyl sites for hydroxylation is 1. The van der Waals surface area contributed by atoms with Crippen molar-refractivity contribution in [2.24, 2.45) is 0 Å². The number of hydrogen-bond donors (Lipinski definition) is 3. The van der Waals surface area contributed by atoms with Crippen molar-refractivity contribution < 1.29 is 23.9 Å². The number of esters is 1. The van der Waals surface area contributed by atoms with Crippen molar-refractivity contribution in [3.63, 3.8) is 0 Å². The largest absolute Gasteiger partial charge is 0.465 e. The van der Waals surface area contributed by atoms with E-state index in [0.29, 0.717) is 42.5 Å². The quantitative estimate of drug-likeness (QED) is 0.523. The number of piperidine rings is 1. The van der Waals surface area contributed by atoms with Crippen molar-refractivity contribution in [1.82, 2.24) is 15.3 Å². The average Bonchev–Trinajstić information content (AvgIpc) is 3.19. The number of anilines is 2. The van der Waals surface area contributed by atoms with Crippen molar-refractivity contribution in [3.05, 3.63) is 40.4 Å². The second kappa shape index (κ2) is 10.7. The summed E-state index contributed by atoms with van der Waals surface area (Å²) in [6.45, 7) is 4.40. The highest BCUT2D eigenvalue weighted by molar-refractivity contribution is 6.30. The molecular formula is C22H28ClN5O5. The Labute approximate surface area is 197 Å². The standard InChI is InChI=1S/C22H28ClN5O5/c1-5-15-19(23)27-20(25-15)21(30)26-17-8-9-28(11-18(17)32-3)13-6-7-16(24-12(2)29)14(10-13)22(31)33-4/h6-7,10,17-18H,5,8-9,11H2,1-4H3,(H,24,29)(H,25,27)(H,26,30)/t17-,18+/m1/s1. The van der Waals surface area contributed by atoms with Gasteiger partial charge in [0.2, 0.25) is 5.91 Å². The van der Waals surface area contributed by atoms with Crippen molar-refractivity contribution in [2.45, 2.75) is 38.8 Å². The number of aromatic amines is 1. The van der Waals surface area contributed by atoms with E-state index in [2.05, 4.69) is 25.5 Å². The highest BCUT2D eigenvalue weighted by Crippen LogP contribution is 2.27. The number of imidazole rings is 1. The first-order valence-electron chi connectivity index (χ1n) is 10.6. The Kier molecular flexibility index (Phi) is 7.93. The van der Waals surface area contributed by atoms with Gasteiger partial charge in [-0.05, 0) is 31.0 Å². The Hall–Kier alpha value is -3.11. The summed E-state index contributed by atoms with van der Waals surface area (Å²) in [5.74, 6) is -1.00. The van der Waals surface area contributed by atoms with Gasteiger partial charge in [-0.25, -0.2) is 9.78 Å². The Morgan fingerprint density at radius 2 is 2.06 bits per heavy atom. The van der Waals surface area contributed by atoms with Crippen molar-refractivity contribution in [1.29, 1.82) is 0 Å². The number of nitrogens with zero attached hydrogens (tertiary/aromatic N) is 2. The maximum atomic E-state index is 12.7. The second-order valence-electron chi connectivity index (χ2n) is 7.70. The Bertz CT molecular complexity index is 1040. The molecule has 3 rings (SSSR count). The molecule has 1 aliphatic rings. The molecule has 2 aromatic rings. The summed E-state index contributed by atoms with van der Waals surface area (Å²) in [5.41, 5.74) is 2.13.